The third-order valence-corrected chi connectivity index (χ3v) is 4.49. The smallest absolute Gasteiger partial charge is 0.227 e. The zero-order chi connectivity index (χ0) is 14.3. The quantitative estimate of drug-likeness (QED) is 0.920. The number of hydrogen-bond acceptors (Lipinski definition) is 5. The summed E-state index contributed by atoms with van der Waals surface area (Å²) in [6.07, 6.45) is 0.474. The van der Waals surface area contributed by atoms with Crippen LogP contribution in [0.2, 0.25) is 0 Å². The van der Waals surface area contributed by atoms with Crippen LogP contribution >= 0.6 is 11.3 Å². The van der Waals surface area contributed by atoms with Crippen LogP contribution < -0.4 is 10.6 Å². The van der Waals surface area contributed by atoms with Crippen molar-refractivity contribution in [3.05, 3.63) is 34.3 Å². The Balaban J connectivity index is 1.87. The molecule has 0 unspecified atom stereocenters. The Morgan fingerprint density at radius 3 is 2.80 bits per heavy atom. The van der Waals surface area contributed by atoms with Crippen molar-refractivity contribution in [1.29, 1.82) is 0 Å². The van der Waals surface area contributed by atoms with Gasteiger partial charge in [-0.1, -0.05) is 29.0 Å². The summed E-state index contributed by atoms with van der Waals surface area (Å²) in [4.78, 5) is 14.1. The fraction of sp³-hybridized carbons (Fsp3) is 0.357. The first kappa shape index (κ1) is 13.1. The topological polar surface area (TPSA) is 72.1 Å². The third-order valence-electron chi connectivity index (χ3n) is 3.57. The van der Waals surface area contributed by atoms with Crippen LogP contribution in [-0.4, -0.2) is 22.6 Å². The summed E-state index contributed by atoms with van der Waals surface area (Å²) in [5, 5.41) is 9.20. The van der Waals surface area contributed by atoms with E-state index in [0.29, 0.717) is 18.1 Å². The second-order valence-electron chi connectivity index (χ2n) is 5.17. The third kappa shape index (κ3) is 2.27. The van der Waals surface area contributed by atoms with E-state index in [1.807, 2.05) is 24.0 Å². The maximum Gasteiger partial charge on any atom is 0.227 e. The Bertz CT molecular complexity index is 667. The Hall–Kier alpha value is -1.95. The van der Waals surface area contributed by atoms with Gasteiger partial charge in [-0.2, -0.15) is 0 Å². The van der Waals surface area contributed by atoms with Crippen molar-refractivity contribution in [3.8, 4) is 0 Å². The molecule has 104 valence electrons. The molecule has 1 amide bonds. The standard InChI is InChI=1S/C14H16N4OS/c1-8-3-4-11(9(2)5-8)18-7-10(6-12(18)19)13-16-17-14(15)20-13/h3-5,10H,6-7H2,1-2H3,(H2,15,17)/t10-/m0/s1. The average molecular weight is 288 g/mol. The molecule has 1 aliphatic heterocycles. The minimum absolute atomic E-state index is 0.0954. The number of rotatable bonds is 2. The van der Waals surface area contributed by atoms with Crippen molar-refractivity contribution in [2.75, 3.05) is 17.2 Å². The van der Waals surface area contributed by atoms with E-state index in [-0.39, 0.29) is 11.8 Å². The highest BCUT2D eigenvalue weighted by atomic mass is 32.1. The summed E-state index contributed by atoms with van der Waals surface area (Å²) in [6, 6.07) is 6.14. The molecule has 0 radical (unpaired) electrons. The van der Waals surface area contributed by atoms with Crippen molar-refractivity contribution < 1.29 is 4.79 Å². The van der Waals surface area contributed by atoms with Crippen LogP contribution in [0.5, 0.6) is 0 Å². The van der Waals surface area contributed by atoms with Gasteiger partial charge < -0.3 is 10.6 Å². The molecule has 2 aromatic rings. The highest BCUT2D eigenvalue weighted by Gasteiger charge is 2.34. The van der Waals surface area contributed by atoms with Gasteiger partial charge in [-0.05, 0) is 25.5 Å². The van der Waals surface area contributed by atoms with Gasteiger partial charge in [-0.15, -0.1) is 10.2 Å². The van der Waals surface area contributed by atoms with Gasteiger partial charge >= 0.3 is 0 Å². The lowest BCUT2D eigenvalue weighted by molar-refractivity contribution is -0.117. The van der Waals surface area contributed by atoms with E-state index in [0.717, 1.165) is 16.3 Å². The van der Waals surface area contributed by atoms with Gasteiger partial charge in [0.15, 0.2) is 0 Å². The Labute approximate surface area is 121 Å². The lowest BCUT2D eigenvalue weighted by Gasteiger charge is -2.19. The van der Waals surface area contributed by atoms with Gasteiger partial charge in [0.2, 0.25) is 11.0 Å². The van der Waals surface area contributed by atoms with Crippen LogP contribution in [-0.2, 0) is 4.79 Å². The molecule has 6 heteroatoms. The van der Waals surface area contributed by atoms with Crippen molar-refractivity contribution >= 4 is 28.1 Å². The number of hydrogen-bond donors (Lipinski definition) is 1. The predicted octanol–water partition coefficient (Wildman–Crippen LogP) is 2.26. The van der Waals surface area contributed by atoms with Gasteiger partial charge in [0, 0.05) is 24.6 Å². The van der Waals surface area contributed by atoms with Gasteiger partial charge in [-0.3, -0.25) is 4.79 Å². The van der Waals surface area contributed by atoms with Crippen LogP contribution in [0.3, 0.4) is 0 Å². The molecule has 1 aromatic heterocycles. The zero-order valence-corrected chi connectivity index (χ0v) is 12.3. The number of nitrogen functional groups attached to an aromatic ring is 1. The molecule has 0 spiro atoms. The molecule has 1 aliphatic rings. The maximum atomic E-state index is 12.3. The largest absolute Gasteiger partial charge is 0.374 e. The molecule has 2 heterocycles. The van der Waals surface area contributed by atoms with E-state index in [2.05, 4.69) is 23.2 Å². The van der Waals surface area contributed by atoms with E-state index < -0.39 is 0 Å². The molecule has 1 saturated heterocycles. The molecule has 20 heavy (non-hydrogen) atoms. The summed E-state index contributed by atoms with van der Waals surface area (Å²) >= 11 is 1.37. The van der Waals surface area contributed by atoms with Crippen LogP contribution in [0.4, 0.5) is 10.8 Å². The molecular formula is C14H16N4OS. The van der Waals surface area contributed by atoms with E-state index in [9.17, 15) is 4.79 Å². The second kappa shape index (κ2) is 4.86. The molecule has 5 nitrogen and oxygen atoms in total. The minimum Gasteiger partial charge on any atom is -0.374 e. The lowest BCUT2D eigenvalue weighted by Crippen LogP contribution is -2.25. The van der Waals surface area contributed by atoms with E-state index >= 15 is 0 Å². The number of nitrogens with zero attached hydrogens (tertiary/aromatic N) is 3. The van der Waals surface area contributed by atoms with Crippen LogP contribution in [0, 0.1) is 13.8 Å². The summed E-state index contributed by atoms with van der Waals surface area (Å²) < 4.78 is 0. The number of aryl methyl sites for hydroxylation is 2. The SMILES string of the molecule is Cc1ccc(N2C[C@@H](c3nnc(N)s3)CC2=O)c(C)c1. The van der Waals surface area contributed by atoms with Crippen LogP contribution in [0.25, 0.3) is 0 Å². The Morgan fingerprint density at radius 1 is 1.35 bits per heavy atom. The molecule has 0 bridgehead atoms. The van der Waals surface area contributed by atoms with Crippen molar-refractivity contribution in [2.45, 2.75) is 26.2 Å². The fourth-order valence-electron chi connectivity index (χ4n) is 2.63. The highest BCUT2D eigenvalue weighted by Crippen LogP contribution is 2.34. The van der Waals surface area contributed by atoms with Gasteiger partial charge in [0.05, 0.1) is 0 Å². The number of amides is 1. The van der Waals surface area contributed by atoms with Crippen molar-refractivity contribution in [1.82, 2.24) is 10.2 Å². The number of aromatic nitrogens is 2. The first-order valence-corrected chi connectivity index (χ1v) is 7.32. The minimum atomic E-state index is 0.0954. The second-order valence-corrected chi connectivity index (χ2v) is 6.21. The number of anilines is 2. The molecule has 1 aromatic carbocycles. The molecule has 1 atom stereocenters. The highest BCUT2D eigenvalue weighted by molar-refractivity contribution is 7.15. The summed E-state index contributed by atoms with van der Waals surface area (Å²) in [5.74, 6) is 0.230. The summed E-state index contributed by atoms with van der Waals surface area (Å²) in [6.45, 7) is 4.73. The first-order chi connectivity index (χ1) is 9.54. The molecule has 2 N–H and O–H groups in total. The zero-order valence-electron chi connectivity index (χ0n) is 11.5. The Morgan fingerprint density at radius 2 is 2.15 bits per heavy atom. The van der Waals surface area contributed by atoms with E-state index in [4.69, 9.17) is 5.73 Å². The van der Waals surface area contributed by atoms with Crippen LogP contribution in [0.1, 0.15) is 28.5 Å². The van der Waals surface area contributed by atoms with Crippen molar-refractivity contribution in [2.24, 2.45) is 0 Å². The van der Waals surface area contributed by atoms with Crippen LogP contribution in [0.15, 0.2) is 18.2 Å². The van der Waals surface area contributed by atoms with E-state index in [1.165, 1.54) is 16.9 Å². The summed E-state index contributed by atoms with van der Waals surface area (Å²) in [7, 11) is 0. The number of carbonyl (C=O) groups excluding carboxylic acids is 1. The maximum absolute atomic E-state index is 12.3. The average Bonchev–Trinajstić information content (AvgIpc) is 2.96. The van der Waals surface area contributed by atoms with Gasteiger partial charge in [0.25, 0.3) is 0 Å². The number of nitrogens with two attached hydrogens (primary N) is 1. The Kier molecular flexibility index (Phi) is 3.17. The number of carbonyl (C=O) groups is 1. The van der Waals surface area contributed by atoms with Gasteiger partial charge in [-0.25, -0.2) is 0 Å². The summed E-state index contributed by atoms with van der Waals surface area (Å²) in [5.41, 5.74) is 8.92. The molecule has 3 rings (SSSR count). The molecule has 0 aliphatic carbocycles. The fourth-order valence-corrected chi connectivity index (χ4v) is 3.33. The van der Waals surface area contributed by atoms with Crippen molar-refractivity contribution in [3.63, 3.8) is 0 Å². The molecule has 1 fully saturated rings. The number of benzene rings is 1. The van der Waals surface area contributed by atoms with Gasteiger partial charge in [0.1, 0.15) is 5.01 Å². The first-order valence-electron chi connectivity index (χ1n) is 6.51. The lowest BCUT2D eigenvalue weighted by atomic mass is 10.1. The normalized spacial score (nSPS) is 18.8. The monoisotopic (exact) mass is 288 g/mol. The molecular weight excluding hydrogens is 272 g/mol. The van der Waals surface area contributed by atoms with E-state index in [1.54, 1.807) is 0 Å². The molecule has 0 saturated carbocycles. The predicted molar refractivity (Wildman–Crippen MR) is 79.9 cm³/mol.